The van der Waals surface area contributed by atoms with E-state index in [0.717, 1.165) is 46.9 Å². The molecule has 0 atom stereocenters. The highest BCUT2D eigenvalue weighted by atomic mass is 35.5. The maximum atomic E-state index is 12.1. The largest absolute Gasteiger partial charge is 0.449 e. The zero-order valence-corrected chi connectivity index (χ0v) is 17.1. The lowest BCUT2D eigenvalue weighted by Crippen LogP contribution is -2.38. The van der Waals surface area contributed by atoms with E-state index >= 15 is 0 Å². The SMILES string of the molecule is CCCCOC(=O)N1CCC(c2nnc(-c3cnc(Cl)cc3NC)s2)CC1. The Labute approximate surface area is 168 Å². The summed E-state index contributed by atoms with van der Waals surface area (Å²) >= 11 is 7.54. The first kappa shape index (κ1) is 19.8. The van der Waals surface area contributed by atoms with E-state index in [2.05, 4.69) is 27.4 Å². The maximum absolute atomic E-state index is 12.1. The number of anilines is 1. The van der Waals surface area contributed by atoms with Crippen molar-refractivity contribution in [3.05, 3.63) is 22.4 Å². The first-order valence-corrected chi connectivity index (χ1v) is 10.4. The highest BCUT2D eigenvalue weighted by Crippen LogP contribution is 2.36. The molecule has 0 radical (unpaired) electrons. The van der Waals surface area contributed by atoms with Gasteiger partial charge < -0.3 is 15.0 Å². The second-order valence-electron chi connectivity index (χ2n) is 6.48. The summed E-state index contributed by atoms with van der Waals surface area (Å²) in [5.41, 5.74) is 1.77. The molecule has 0 saturated carbocycles. The molecule has 0 spiro atoms. The summed E-state index contributed by atoms with van der Waals surface area (Å²) in [6.07, 6.45) is 5.18. The molecule has 1 N–H and O–H groups in total. The minimum atomic E-state index is -0.203. The molecule has 3 rings (SSSR count). The number of halogens is 1. The Bertz CT molecular complexity index is 777. The summed E-state index contributed by atoms with van der Waals surface area (Å²) in [7, 11) is 1.84. The third-order valence-corrected chi connectivity index (χ3v) is 5.96. The molecule has 0 aromatic carbocycles. The first-order valence-electron chi connectivity index (χ1n) is 9.21. The predicted molar refractivity (Wildman–Crippen MR) is 108 cm³/mol. The molecule has 1 aliphatic rings. The fraction of sp³-hybridized carbons (Fsp3) is 0.556. The van der Waals surface area contributed by atoms with Crippen LogP contribution in [0.25, 0.3) is 10.6 Å². The van der Waals surface area contributed by atoms with Gasteiger partial charge in [-0.25, -0.2) is 9.78 Å². The van der Waals surface area contributed by atoms with Crippen LogP contribution in [0.15, 0.2) is 12.3 Å². The van der Waals surface area contributed by atoms with E-state index in [1.165, 1.54) is 0 Å². The number of likely N-dealkylation sites (tertiary alicyclic amines) is 1. The summed E-state index contributed by atoms with van der Waals surface area (Å²) < 4.78 is 5.30. The van der Waals surface area contributed by atoms with Gasteiger partial charge in [-0.1, -0.05) is 36.3 Å². The van der Waals surface area contributed by atoms with Crippen molar-refractivity contribution in [2.45, 2.75) is 38.5 Å². The molecule has 2 aromatic rings. The number of carbonyl (C=O) groups excluding carboxylic acids is 1. The minimum absolute atomic E-state index is 0.203. The lowest BCUT2D eigenvalue weighted by Gasteiger charge is -2.30. The molecule has 0 unspecified atom stereocenters. The molecule has 1 amide bonds. The van der Waals surface area contributed by atoms with E-state index in [4.69, 9.17) is 16.3 Å². The Balaban J connectivity index is 1.61. The van der Waals surface area contributed by atoms with Crippen molar-refractivity contribution in [2.75, 3.05) is 32.1 Å². The number of aromatic nitrogens is 3. The second-order valence-corrected chi connectivity index (χ2v) is 7.87. The molecule has 27 heavy (non-hydrogen) atoms. The number of pyridine rings is 1. The topological polar surface area (TPSA) is 80.2 Å². The zero-order chi connectivity index (χ0) is 19.2. The van der Waals surface area contributed by atoms with E-state index in [0.29, 0.717) is 30.8 Å². The van der Waals surface area contributed by atoms with E-state index < -0.39 is 0 Å². The number of hydrogen-bond donors (Lipinski definition) is 1. The van der Waals surface area contributed by atoms with Crippen molar-refractivity contribution >= 4 is 34.7 Å². The molecule has 3 heterocycles. The van der Waals surface area contributed by atoms with Crippen molar-refractivity contribution in [3.63, 3.8) is 0 Å². The van der Waals surface area contributed by atoms with Crippen LogP contribution >= 0.6 is 22.9 Å². The molecular formula is C18H24ClN5O2S. The number of piperidine rings is 1. The number of unbranched alkanes of at least 4 members (excludes halogenated alkanes) is 1. The van der Waals surface area contributed by atoms with Gasteiger partial charge in [0.1, 0.15) is 10.2 Å². The van der Waals surface area contributed by atoms with Crippen molar-refractivity contribution < 1.29 is 9.53 Å². The molecule has 2 aromatic heterocycles. The molecule has 9 heteroatoms. The van der Waals surface area contributed by atoms with E-state index in [-0.39, 0.29) is 6.09 Å². The van der Waals surface area contributed by atoms with Gasteiger partial charge in [0.05, 0.1) is 12.2 Å². The number of nitrogens with one attached hydrogen (secondary N) is 1. The molecule has 7 nitrogen and oxygen atoms in total. The van der Waals surface area contributed by atoms with Crippen molar-refractivity contribution in [3.8, 4) is 10.6 Å². The summed E-state index contributed by atoms with van der Waals surface area (Å²) in [5, 5.41) is 14.1. The van der Waals surface area contributed by atoms with Gasteiger partial charge in [-0.05, 0) is 25.3 Å². The highest BCUT2D eigenvalue weighted by molar-refractivity contribution is 7.14. The van der Waals surface area contributed by atoms with Crippen LogP contribution in [0, 0.1) is 0 Å². The lowest BCUT2D eigenvalue weighted by molar-refractivity contribution is 0.0915. The fourth-order valence-electron chi connectivity index (χ4n) is 3.02. The molecule has 0 bridgehead atoms. The number of nitrogens with zero attached hydrogens (tertiary/aromatic N) is 4. The number of amides is 1. The van der Waals surface area contributed by atoms with E-state index in [1.807, 2.05) is 7.05 Å². The zero-order valence-electron chi connectivity index (χ0n) is 15.6. The average molecular weight is 410 g/mol. The van der Waals surface area contributed by atoms with E-state index in [9.17, 15) is 4.79 Å². The number of rotatable bonds is 6. The van der Waals surface area contributed by atoms with Gasteiger partial charge in [0.2, 0.25) is 0 Å². The van der Waals surface area contributed by atoms with Gasteiger partial charge in [-0.2, -0.15) is 0 Å². The minimum Gasteiger partial charge on any atom is -0.449 e. The third kappa shape index (κ3) is 4.87. The van der Waals surface area contributed by atoms with Crippen LogP contribution in [0.3, 0.4) is 0 Å². The van der Waals surface area contributed by atoms with Crippen LogP contribution in [-0.2, 0) is 4.74 Å². The van der Waals surface area contributed by atoms with Crippen molar-refractivity contribution in [1.82, 2.24) is 20.1 Å². The van der Waals surface area contributed by atoms with Crippen LogP contribution < -0.4 is 5.32 Å². The Morgan fingerprint density at radius 2 is 2.19 bits per heavy atom. The normalized spacial score (nSPS) is 15.0. The van der Waals surface area contributed by atoms with Gasteiger partial charge in [0.25, 0.3) is 0 Å². The van der Waals surface area contributed by atoms with Crippen LogP contribution in [0.2, 0.25) is 5.15 Å². The van der Waals surface area contributed by atoms with Crippen molar-refractivity contribution in [1.29, 1.82) is 0 Å². The van der Waals surface area contributed by atoms with Crippen LogP contribution in [0.5, 0.6) is 0 Å². The standard InChI is InChI=1S/C18H24ClN5O2S/c1-3-4-9-26-18(25)24-7-5-12(6-8-24)16-22-23-17(27-16)13-11-21-15(19)10-14(13)20-2/h10-12H,3-9H2,1-2H3,(H,20,21). The lowest BCUT2D eigenvalue weighted by atomic mass is 9.98. The van der Waals surface area contributed by atoms with Gasteiger partial charge in [-0.3, -0.25) is 0 Å². The summed E-state index contributed by atoms with van der Waals surface area (Å²) in [6, 6.07) is 1.78. The quantitative estimate of drug-likeness (QED) is 0.562. The smallest absolute Gasteiger partial charge is 0.409 e. The fourth-order valence-corrected chi connectivity index (χ4v) is 4.21. The molecule has 0 aliphatic carbocycles. The monoisotopic (exact) mass is 409 g/mol. The summed E-state index contributed by atoms with van der Waals surface area (Å²) in [6.45, 7) is 3.96. The Morgan fingerprint density at radius 1 is 1.41 bits per heavy atom. The van der Waals surface area contributed by atoms with E-state index in [1.54, 1.807) is 28.5 Å². The third-order valence-electron chi connectivity index (χ3n) is 4.64. The predicted octanol–water partition coefficient (Wildman–Crippen LogP) is 4.41. The van der Waals surface area contributed by atoms with Crippen LogP contribution in [0.4, 0.5) is 10.5 Å². The number of hydrogen-bond acceptors (Lipinski definition) is 7. The molecule has 146 valence electrons. The Kier molecular flexibility index (Phi) is 6.84. The Morgan fingerprint density at radius 3 is 2.89 bits per heavy atom. The molecule has 1 saturated heterocycles. The van der Waals surface area contributed by atoms with Gasteiger partial charge in [0.15, 0.2) is 5.01 Å². The summed E-state index contributed by atoms with van der Waals surface area (Å²) in [5.74, 6) is 0.314. The first-order chi connectivity index (χ1) is 13.1. The van der Waals surface area contributed by atoms with Gasteiger partial charge in [-0.15, -0.1) is 10.2 Å². The number of carbonyl (C=O) groups is 1. The summed E-state index contributed by atoms with van der Waals surface area (Å²) in [4.78, 5) is 18.0. The Hall–Kier alpha value is -1.93. The molecule has 1 fully saturated rings. The van der Waals surface area contributed by atoms with Crippen molar-refractivity contribution in [2.24, 2.45) is 0 Å². The molecule has 1 aliphatic heterocycles. The second kappa shape index (κ2) is 9.32. The molecular weight excluding hydrogens is 386 g/mol. The van der Waals surface area contributed by atoms with Crippen LogP contribution in [-0.4, -0.2) is 52.9 Å². The maximum Gasteiger partial charge on any atom is 0.409 e. The average Bonchev–Trinajstić information content (AvgIpc) is 3.18. The van der Waals surface area contributed by atoms with Gasteiger partial charge >= 0.3 is 6.09 Å². The highest BCUT2D eigenvalue weighted by Gasteiger charge is 2.27. The number of ether oxygens (including phenoxy) is 1. The van der Waals surface area contributed by atoms with Gasteiger partial charge in [0, 0.05) is 37.9 Å². The van der Waals surface area contributed by atoms with Crippen LogP contribution in [0.1, 0.15) is 43.5 Å².